The number of rotatable bonds is 8. The molecule has 0 aliphatic heterocycles. The fraction of sp³-hybridized carbons (Fsp3) is 0.818. The molecular weight excluding hydrogens is 348 g/mol. The van der Waals surface area contributed by atoms with Crippen molar-refractivity contribution in [1.29, 1.82) is 0 Å². The predicted octanol–water partition coefficient (Wildman–Crippen LogP) is 2.90. The van der Waals surface area contributed by atoms with Crippen molar-refractivity contribution in [3.05, 3.63) is 0 Å². The van der Waals surface area contributed by atoms with Crippen LogP contribution in [-0.4, -0.2) is 49.8 Å². The molecule has 0 unspecified atom stereocenters. The SMILES string of the molecule is CC(C)(C(=O)OCC(F)(F)C(F)F)C(=O)OCC(F)(F)C(F)F. The average Bonchev–Trinajstić information content (AvgIpc) is 2.41. The second-order valence-electron chi connectivity index (χ2n) is 4.90. The Morgan fingerprint density at radius 3 is 1.26 bits per heavy atom. The van der Waals surface area contributed by atoms with Gasteiger partial charge in [0.05, 0.1) is 0 Å². The van der Waals surface area contributed by atoms with Crippen molar-refractivity contribution >= 4 is 11.9 Å². The molecule has 0 fully saturated rings. The van der Waals surface area contributed by atoms with Crippen LogP contribution in [0.4, 0.5) is 35.1 Å². The third-order valence-electron chi connectivity index (χ3n) is 2.45. The molecule has 4 nitrogen and oxygen atoms in total. The molecule has 0 saturated carbocycles. The summed E-state index contributed by atoms with van der Waals surface area (Å²) in [7, 11) is 0. The maximum absolute atomic E-state index is 12.6. The van der Waals surface area contributed by atoms with Crippen molar-refractivity contribution in [1.82, 2.24) is 0 Å². The lowest BCUT2D eigenvalue weighted by Crippen LogP contribution is -2.42. The van der Waals surface area contributed by atoms with E-state index in [0.29, 0.717) is 13.8 Å². The van der Waals surface area contributed by atoms with Gasteiger partial charge in [-0.3, -0.25) is 9.59 Å². The van der Waals surface area contributed by atoms with Crippen LogP contribution in [0.15, 0.2) is 0 Å². The zero-order chi connectivity index (χ0) is 18.6. The normalized spacial score (nSPS) is 13.4. The highest BCUT2D eigenvalue weighted by molar-refractivity contribution is 5.99. The van der Waals surface area contributed by atoms with Gasteiger partial charge in [-0.25, -0.2) is 17.6 Å². The van der Waals surface area contributed by atoms with Crippen LogP contribution >= 0.6 is 0 Å². The molecule has 0 N–H and O–H groups in total. The van der Waals surface area contributed by atoms with E-state index < -0.39 is 55.3 Å². The monoisotopic (exact) mass is 360 g/mol. The largest absolute Gasteiger partial charge is 0.458 e. The van der Waals surface area contributed by atoms with Crippen LogP contribution < -0.4 is 0 Å². The van der Waals surface area contributed by atoms with Gasteiger partial charge in [-0.1, -0.05) is 0 Å². The lowest BCUT2D eigenvalue weighted by Gasteiger charge is -2.24. The molecule has 0 heterocycles. The molecule has 0 radical (unpaired) electrons. The van der Waals surface area contributed by atoms with Crippen molar-refractivity contribution in [2.24, 2.45) is 5.41 Å². The van der Waals surface area contributed by atoms with E-state index in [-0.39, 0.29) is 0 Å². The maximum atomic E-state index is 12.6. The summed E-state index contributed by atoms with van der Waals surface area (Å²) in [5, 5.41) is 0. The number of hydrogen-bond acceptors (Lipinski definition) is 4. The molecule has 0 spiro atoms. The van der Waals surface area contributed by atoms with Gasteiger partial charge in [0.25, 0.3) is 0 Å². The average molecular weight is 360 g/mol. The van der Waals surface area contributed by atoms with E-state index in [9.17, 15) is 44.7 Å². The molecule has 0 rings (SSSR count). The molecule has 0 aliphatic rings. The summed E-state index contributed by atoms with van der Waals surface area (Å²) in [6.07, 6.45) is -8.29. The number of alkyl halides is 8. The van der Waals surface area contributed by atoms with Crippen LogP contribution in [0.25, 0.3) is 0 Å². The standard InChI is InChI=1S/C11H12F8O4/c1-9(2,7(20)22-3-10(16,17)5(12)13)8(21)23-4-11(18,19)6(14)15/h5-6H,3-4H2,1-2H3. The first kappa shape index (κ1) is 21.4. The van der Waals surface area contributed by atoms with Gasteiger partial charge < -0.3 is 9.47 Å². The summed E-state index contributed by atoms with van der Waals surface area (Å²) < 4.78 is 105. The Morgan fingerprint density at radius 1 is 0.783 bits per heavy atom. The van der Waals surface area contributed by atoms with E-state index in [0.717, 1.165) is 0 Å². The van der Waals surface area contributed by atoms with Crippen LogP contribution in [0.3, 0.4) is 0 Å². The van der Waals surface area contributed by atoms with Crippen molar-refractivity contribution in [3.63, 3.8) is 0 Å². The third-order valence-corrected chi connectivity index (χ3v) is 2.45. The van der Waals surface area contributed by atoms with E-state index in [2.05, 4.69) is 9.47 Å². The van der Waals surface area contributed by atoms with E-state index in [1.54, 1.807) is 0 Å². The molecule has 0 bridgehead atoms. The van der Waals surface area contributed by atoms with E-state index >= 15 is 0 Å². The van der Waals surface area contributed by atoms with Crippen LogP contribution in [0.5, 0.6) is 0 Å². The summed E-state index contributed by atoms with van der Waals surface area (Å²) in [6, 6.07) is 0. The van der Waals surface area contributed by atoms with Crippen molar-refractivity contribution in [2.75, 3.05) is 13.2 Å². The highest BCUT2D eigenvalue weighted by Gasteiger charge is 2.47. The van der Waals surface area contributed by atoms with Gasteiger partial charge in [0.15, 0.2) is 18.6 Å². The number of carbonyl (C=O) groups excluding carboxylic acids is 2. The minimum atomic E-state index is -4.68. The highest BCUT2D eigenvalue weighted by Crippen LogP contribution is 2.28. The van der Waals surface area contributed by atoms with E-state index in [1.165, 1.54) is 0 Å². The quantitative estimate of drug-likeness (QED) is 0.380. The molecule has 0 aromatic heterocycles. The summed E-state index contributed by atoms with van der Waals surface area (Å²) in [5.41, 5.74) is -2.45. The van der Waals surface area contributed by atoms with E-state index in [4.69, 9.17) is 0 Å². The van der Waals surface area contributed by atoms with Gasteiger partial charge in [-0.2, -0.15) is 17.6 Å². The zero-order valence-corrected chi connectivity index (χ0v) is 11.7. The molecule has 0 saturated heterocycles. The molecule has 0 aliphatic carbocycles. The van der Waals surface area contributed by atoms with E-state index in [1.807, 2.05) is 0 Å². The number of esters is 2. The Balaban J connectivity index is 4.72. The van der Waals surface area contributed by atoms with Crippen molar-refractivity contribution in [2.45, 2.75) is 38.5 Å². The van der Waals surface area contributed by atoms with Gasteiger partial charge >= 0.3 is 36.6 Å². The molecule has 0 atom stereocenters. The lowest BCUT2D eigenvalue weighted by atomic mass is 9.94. The number of halogens is 8. The Bertz CT molecular complexity index is 398. The molecule has 0 amide bonds. The number of ether oxygens (including phenoxy) is 2. The van der Waals surface area contributed by atoms with Crippen LogP contribution in [0, 0.1) is 5.41 Å². The molecule has 0 aromatic rings. The lowest BCUT2D eigenvalue weighted by molar-refractivity contribution is -0.198. The smallest absolute Gasteiger partial charge is 0.340 e. The predicted molar refractivity (Wildman–Crippen MR) is 57.6 cm³/mol. The summed E-state index contributed by atoms with van der Waals surface area (Å²) in [4.78, 5) is 22.8. The first-order valence-electron chi connectivity index (χ1n) is 5.81. The first-order valence-corrected chi connectivity index (χ1v) is 5.81. The Kier molecular flexibility index (Phi) is 6.79. The first-order chi connectivity index (χ1) is 10.1. The molecule has 136 valence electrons. The fourth-order valence-electron chi connectivity index (χ4n) is 0.894. The van der Waals surface area contributed by atoms with Gasteiger partial charge in [0, 0.05) is 0 Å². The minimum absolute atomic E-state index is 0.693. The number of hydrogen-bond donors (Lipinski definition) is 0. The Morgan fingerprint density at radius 2 is 1.04 bits per heavy atom. The van der Waals surface area contributed by atoms with Gasteiger partial charge in [-0.05, 0) is 13.8 Å². The Hall–Kier alpha value is -1.62. The number of carbonyl (C=O) groups is 2. The molecule has 0 aromatic carbocycles. The van der Waals surface area contributed by atoms with Crippen LogP contribution in [0.2, 0.25) is 0 Å². The zero-order valence-electron chi connectivity index (χ0n) is 11.7. The fourth-order valence-corrected chi connectivity index (χ4v) is 0.894. The summed E-state index contributed by atoms with van der Waals surface area (Å²) in [5.74, 6) is -12.9. The second-order valence-corrected chi connectivity index (χ2v) is 4.90. The topological polar surface area (TPSA) is 52.6 Å². The molecule has 23 heavy (non-hydrogen) atoms. The van der Waals surface area contributed by atoms with Crippen LogP contribution in [0.1, 0.15) is 13.8 Å². The van der Waals surface area contributed by atoms with Gasteiger partial charge in [0.2, 0.25) is 0 Å². The second kappa shape index (κ2) is 7.30. The third kappa shape index (κ3) is 5.82. The maximum Gasteiger partial charge on any atom is 0.340 e. The van der Waals surface area contributed by atoms with Gasteiger partial charge in [0.1, 0.15) is 0 Å². The highest BCUT2D eigenvalue weighted by atomic mass is 19.3. The minimum Gasteiger partial charge on any atom is -0.458 e. The van der Waals surface area contributed by atoms with Gasteiger partial charge in [-0.15, -0.1) is 0 Å². The Labute approximate surface area is 124 Å². The van der Waals surface area contributed by atoms with Crippen LogP contribution in [-0.2, 0) is 19.1 Å². The summed E-state index contributed by atoms with van der Waals surface area (Å²) in [6.45, 7) is -2.74. The molecular formula is C11H12F8O4. The summed E-state index contributed by atoms with van der Waals surface area (Å²) >= 11 is 0. The van der Waals surface area contributed by atoms with Crippen molar-refractivity contribution < 1.29 is 54.2 Å². The molecule has 12 heteroatoms. The van der Waals surface area contributed by atoms with Crippen molar-refractivity contribution in [3.8, 4) is 0 Å².